The van der Waals surface area contributed by atoms with Gasteiger partial charge < -0.3 is 19.1 Å². The van der Waals surface area contributed by atoms with E-state index in [1.54, 1.807) is 43.8 Å². The van der Waals surface area contributed by atoms with Crippen LogP contribution < -0.4 is 14.5 Å². The van der Waals surface area contributed by atoms with Gasteiger partial charge in [-0.3, -0.25) is 15.1 Å². The van der Waals surface area contributed by atoms with Gasteiger partial charge in [-0.15, -0.1) is 0 Å². The van der Waals surface area contributed by atoms with E-state index in [9.17, 15) is 10.1 Å². The number of anilines is 2. The highest BCUT2D eigenvalue weighted by Crippen LogP contribution is 2.35. The van der Waals surface area contributed by atoms with Gasteiger partial charge in [-0.1, -0.05) is 17.3 Å². The average Bonchev–Trinajstić information content (AvgIpc) is 3.39. The number of nitro benzene ring substituents is 1. The third kappa shape index (κ3) is 4.13. The lowest BCUT2D eigenvalue weighted by Gasteiger charge is -2.37. The molecule has 34 heavy (non-hydrogen) atoms. The maximum absolute atomic E-state index is 11.9. The molecule has 10 nitrogen and oxygen atoms in total. The largest absolute Gasteiger partial charge is 0.495 e. The molecule has 0 N–H and O–H groups in total. The van der Waals surface area contributed by atoms with E-state index < -0.39 is 0 Å². The number of piperazine rings is 1. The minimum Gasteiger partial charge on any atom is -0.495 e. The van der Waals surface area contributed by atoms with Gasteiger partial charge in [0.2, 0.25) is 5.82 Å². The van der Waals surface area contributed by atoms with Gasteiger partial charge in [0, 0.05) is 55.8 Å². The van der Waals surface area contributed by atoms with Crippen LogP contribution in [0.25, 0.3) is 22.8 Å². The zero-order valence-electron chi connectivity index (χ0n) is 18.5. The van der Waals surface area contributed by atoms with E-state index in [1.165, 1.54) is 6.07 Å². The molecule has 5 rings (SSSR count). The number of nitrogens with zero attached hydrogens (tertiary/aromatic N) is 6. The molecule has 0 bridgehead atoms. The summed E-state index contributed by atoms with van der Waals surface area (Å²) in [4.78, 5) is 24.2. The highest BCUT2D eigenvalue weighted by atomic mass is 16.6. The smallest absolute Gasteiger partial charge is 0.293 e. The van der Waals surface area contributed by atoms with Crippen LogP contribution >= 0.6 is 0 Å². The van der Waals surface area contributed by atoms with Gasteiger partial charge in [0.25, 0.3) is 11.6 Å². The van der Waals surface area contributed by atoms with E-state index in [1.807, 2.05) is 29.2 Å². The Morgan fingerprint density at radius 1 is 0.941 bits per heavy atom. The lowest BCUT2D eigenvalue weighted by molar-refractivity contribution is -0.384. The standard InChI is InChI=1S/C24H22N6O4/c1-33-22-5-3-2-4-20(22)29-14-12-28(13-15-29)19-7-6-18(16-21(19)30(31)32)23-26-24(34-27-23)17-8-10-25-11-9-17/h2-11,16H,12-15H2,1H3. The van der Waals surface area contributed by atoms with Crippen LogP contribution in [-0.4, -0.2) is 53.3 Å². The van der Waals surface area contributed by atoms with Gasteiger partial charge >= 0.3 is 0 Å². The van der Waals surface area contributed by atoms with Gasteiger partial charge in [-0.25, -0.2) is 0 Å². The first-order valence-corrected chi connectivity index (χ1v) is 10.8. The van der Waals surface area contributed by atoms with E-state index in [0.717, 1.165) is 30.1 Å². The molecule has 3 heterocycles. The zero-order valence-corrected chi connectivity index (χ0v) is 18.5. The van der Waals surface area contributed by atoms with Gasteiger partial charge in [0.15, 0.2) is 0 Å². The van der Waals surface area contributed by atoms with Crippen molar-refractivity contribution in [2.24, 2.45) is 0 Å². The number of nitro groups is 1. The monoisotopic (exact) mass is 458 g/mol. The van der Waals surface area contributed by atoms with Gasteiger partial charge in [-0.05, 0) is 36.4 Å². The molecule has 1 aliphatic heterocycles. The van der Waals surface area contributed by atoms with E-state index in [0.29, 0.717) is 36.1 Å². The van der Waals surface area contributed by atoms with Crippen LogP contribution in [0.3, 0.4) is 0 Å². The highest BCUT2D eigenvalue weighted by molar-refractivity contribution is 5.72. The molecule has 4 aromatic rings. The summed E-state index contributed by atoms with van der Waals surface area (Å²) < 4.78 is 10.8. The maximum atomic E-state index is 11.9. The second kappa shape index (κ2) is 9.18. The maximum Gasteiger partial charge on any atom is 0.293 e. The molecule has 0 saturated carbocycles. The Bertz CT molecular complexity index is 1300. The molecule has 172 valence electrons. The Morgan fingerprint density at radius 2 is 1.65 bits per heavy atom. The third-order valence-electron chi connectivity index (χ3n) is 5.83. The normalized spacial score (nSPS) is 13.7. The van der Waals surface area contributed by atoms with Crippen LogP contribution in [-0.2, 0) is 0 Å². The predicted molar refractivity (Wildman–Crippen MR) is 127 cm³/mol. The van der Waals surface area contributed by atoms with Crippen molar-refractivity contribution in [3.63, 3.8) is 0 Å². The van der Waals surface area contributed by atoms with Crippen LogP contribution in [0.1, 0.15) is 0 Å². The van der Waals surface area contributed by atoms with Crippen molar-refractivity contribution in [1.29, 1.82) is 0 Å². The van der Waals surface area contributed by atoms with Crippen molar-refractivity contribution in [3.05, 3.63) is 77.1 Å². The van der Waals surface area contributed by atoms with Gasteiger partial charge in [0.1, 0.15) is 11.4 Å². The first-order chi connectivity index (χ1) is 16.6. The van der Waals surface area contributed by atoms with Crippen LogP contribution in [0.5, 0.6) is 5.75 Å². The van der Waals surface area contributed by atoms with E-state index >= 15 is 0 Å². The molecule has 2 aromatic carbocycles. The summed E-state index contributed by atoms with van der Waals surface area (Å²) in [6, 6.07) is 16.4. The number of hydrogen-bond donors (Lipinski definition) is 0. The Kier molecular flexibility index (Phi) is 5.77. The number of pyridine rings is 1. The second-order valence-corrected chi connectivity index (χ2v) is 7.77. The number of rotatable bonds is 6. The molecule has 1 saturated heterocycles. The fourth-order valence-electron chi connectivity index (χ4n) is 4.11. The third-order valence-corrected chi connectivity index (χ3v) is 5.83. The Morgan fingerprint density at radius 3 is 2.35 bits per heavy atom. The first-order valence-electron chi connectivity index (χ1n) is 10.8. The lowest BCUT2D eigenvalue weighted by atomic mass is 10.1. The quantitative estimate of drug-likeness (QED) is 0.312. The Hall–Kier alpha value is -4.47. The van der Waals surface area contributed by atoms with E-state index in [2.05, 4.69) is 20.0 Å². The molecular weight excluding hydrogens is 436 g/mol. The molecular formula is C24H22N6O4. The molecule has 1 aliphatic rings. The van der Waals surface area contributed by atoms with Crippen LogP contribution in [0.15, 0.2) is 71.5 Å². The molecule has 0 unspecified atom stereocenters. The van der Waals surface area contributed by atoms with Crippen molar-refractivity contribution in [2.75, 3.05) is 43.1 Å². The van der Waals surface area contributed by atoms with E-state index in [-0.39, 0.29) is 10.6 Å². The topological polar surface area (TPSA) is 111 Å². The minimum absolute atomic E-state index is 0.0125. The van der Waals surface area contributed by atoms with Crippen molar-refractivity contribution in [3.8, 4) is 28.6 Å². The molecule has 0 atom stereocenters. The van der Waals surface area contributed by atoms with E-state index in [4.69, 9.17) is 9.26 Å². The molecule has 0 spiro atoms. The number of aromatic nitrogens is 3. The molecule has 10 heteroatoms. The van der Waals surface area contributed by atoms with Crippen molar-refractivity contribution < 1.29 is 14.2 Å². The van der Waals surface area contributed by atoms with Crippen molar-refractivity contribution in [1.82, 2.24) is 15.1 Å². The fraction of sp³-hybridized carbons (Fsp3) is 0.208. The minimum atomic E-state index is -0.366. The molecule has 0 amide bonds. The highest BCUT2D eigenvalue weighted by Gasteiger charge is 2.26. The fourth-order valence-corrected chi connectivity index (χ4v) is 4.11. The summed E-state index contributed by atoms with van der Waals surface area (Å²) in [6.45, 7) is 2.73. The predicted octanol–water partition coefficient (Wildman–Crippen LogP) is 4.04. The summed E-state index contributed by atoms with van der Waals surface area (Å²) in [6.07, 6.45) is 3.26. The number of benzene rings is 2. The average molecular weight is 458 g/mol. The number of hydrogen-bond acceptors (Lipinski definition) is 9. The summed E-state index contributed by atoms with van der Waals surface area (Å²) >= 11 is 0. The van der Waals surface area contributed by atoms with Crippen LogP contribution in [0, 0.1) is 10.1 Å². The Labute approximate surface area is 195 Å². The summed E-state index contributed by atoms with van der Waals surface area (Å²) in [5, 5.41) is 15.9. The first kappa shape index (κ1) is 21.4. The number of methoxy groups -OCH3 is 1. The number of ether oxygens (including phenoxy) is 1. The van der Waals surface area contributed by atoms with Gasteiger partial charge in [-0.2, -0.15) is 4.98 Å². The summed E-state index contributed by atoms with van der Waals surface area (Å²) in [7, 11) is 1.66. The summed E-state index contributed by atoms with van der Waals surface area (Å²) in [5.74, 6) is 1.44. The van der Waals surface area contributed by atoms with Gasteiger partial charge in [0.05, 0.1) is 17.7 Å². The molecule has 0 aliphatic carbocycles. The Balaban J connectivity index is 1.37. The van der Waals surface area contributed by atoms with Crippen molar-refractivity contribution >= 4 is 17.1 Å². The second-order valence-electron chi connectivity index (χ2n) is 7.77. The molecule has 2 aromatic heterocycles. The SMILES string of the molecule is COc1ccccc1N1CCN(c2ccc(-c3noc(-c4ccncc4)n3)cc2[N+](=O)[O-])CC1. The zero-order chi connectivity index (χ0) is 23.5. The molecule has 0 radical (unpaired) electrons. The van der Waals surface area contributed by atoms with Crippen LogP contribution in [0.2, 0.25) is 0 Å². The van der Waals surface area contributed by atoms with Crippen molar-refractivity contribution in [2.45, 2.75) is 0 Å². The molecule has 1 fully saturated rings. The van der Waals surface area contributed by atoms with Crippen LogP contribution in [0.4, 0.5) is 17.1 Å². The summed E-state index contributed by atoms with van der Waals surface area (Å²) in [5.41, 5.74) is 2.86. The number of para-hydroxylation sites is 2. The lowest BCUT2D eigenvalue weighted by Crippen LogP contribution is -2.46.